The van der Waals surface area contributed by atoms with Gasteiger partial charge in [0, 0.05) is 12.8 Å². The maximum atomic E-state index is 12.1. The van der Waals surface area contributed by atoms with Gasteiger partial charge >= 0.3 is 0 Å². The van der Waals surface area contributed by atoms with Crippen LogP contribution in [0, 0.1) is 0 Å². The monoisotopic (exact) mass is 406 g/mol. The number of benzene rings is 1. The lowest BCUT2D eigenvalue weighted by Crippen LogP contribution is -2.01. The first-order valence-electron chi connectivity index (χ1n) is 11.5. The SMILES string of the molecule is CC(C)=CCC/C(C)=C/CC/C(C)=C/CC/C(C)=C/CCC(=O)Cc1ccccc1. The van der Waals surface area contributed by atoms with Crippen LogP contribution in [-0.4, -0.2) is 5.78 Å². The Morgan fingerprint density at radius 1 is 0.633 bits per heavy atom. The van der Waals surface area contributed by atoms with Gasteiger partial charge in [0.25, 0.3) is 0 Å². The number of Topliss-reactive ketones (excluding diaryl/α,β-unsaturated/α-hetero) is 1. The van der Waals surface area contributed by atoms with E-state index in [1.807, 2.05) is 30.3 Å². The molecule has 1 rings (SSSR count). The van der Waals surface area contributed by atoms with E-state index < -0.39 is 0 Å². The molecule has 0 aromatic heterocycles. The van der Waals surface area contributed by atoms with Gasteiger partial charge in [0.05, 0.1) is 0 Å². The molecule has 0 bridgehead atoms. The molecule has 0 atom stereocenters. The largest absolute Gasteiger partial charge is 0.299 e. The van der Waals surface area contributed by atoms with Crippen LogP contribution in [0.4, 0.5) is 0 Å². The zero-order valence-corrected chi connectivity index (χ0v) is 20.0. The number of rotatable bonds is 14. The number of hydrogen-bond acceptors (Lipinski definition) is 1. The Morgan fingerprint density at radius 2 is 1.07 bits per heavy atom. The highest BCUT2D eigenvalue weighted by Gasteiger charge is 2.02. The summed E-state index contributed by atoms with van der Waals surface area (Å²) in [5.41, 5.74) is 6.89. The fourth-order valence-corrected chi connectivity index (χ4v) is 3.38. The molecule has 0 unspecified atom stereocenters. The predicted molar refractivity (Wildman–Crippen MR) is 133 cm³/mol. The minimum absolute atomic E-state index is 0.324. The summed E-state index contributed by atoms with van der Waals surface area (Å²) in [6.45, 7) is 11.0. The molecule has 1 nitrogen and oxygen atoms in total. The zero-order valence-electron chi connectivity index (χ0n) is 20.0. The van der Waals surface area contributed by atoms with E-state index in [4.69, 9.17) is 0 Å². The molecule has 30 heavy (non-hydrogen) atoms. The lowest BCUT2D eigenvalue weighted by molar-refractivity contribution is -0.118. The van der Waals surface area contributed by atoms with Crippen molar-refractivity contribution < 1.29 is 4.79 Å². The topological polar surface area (TPSA) is 17.1 Å². The first kappa shape index (κ1) is 25.9. The summed E-state index contributed by atoms with van der Waals surface area (Å²) < 4.78 is 0. The van der Waals surface area contributed by atoms with Crippen LogP contribution in [0.3, 0.4) is 0 Å². The Kier molecular flexibility index (Phi) is 13.5. The molecule has 164 valence electrons. The summed E-state index contributed by atoms with van der Waals surface area (Å²) in [6, 6.07) is 10.0. The number of hydrogen-bond donors (Lipinski definition) is 0. The molecular weight excluding hydrogens is 364 g/mol. The van der Waals surface area contributed by atoms with Gasteiger partial charge in [0.2, 0.25) is 0 Å². The molecule has 0 saturated heterocycles. The van der Waals surface area contributed by atoms with Gasteiger partial charge in [-0.2, -0.15) is 0 Å². The highest BCUT2D eigenvalue weighted by atomic mass is 16.1. The van der Waals surface area contributed by atoms with Crippen molar-refractivity contribution in [2.24, 2.45) is 0 Å². The summed E-state index contributed by atoms with van der Waals surface area (Å²) in [6.07, 6.45) is 18.2. The predicted octanol–water partition coefficient (Wildman–Crippen LogP) is 8.72. The van der Waals surface area contributed by atoms with E-state index in [0.717, 1.165) is 44.1 Å². The molecule has 0 spiro atoms. The van der Waals surface area contributed by atoms with E-state index in [1.54, 1.807) is 0 Å². The van der Waals surface area contributed by atoms with E-state index in [9.17, 15) is 4.79 Å². The van der Waals surface area contributed by atoms with E-state index in [0.29, 0.717) is 18.6 Å². The summed E-state index contributed by atoms with van der Waals surface area (Å²) >= 11 is 0. The number of carbonyl (C=O) groups is 1. The van der Waals surface area contributed by atoms with E-state index in [-0.39, 0.29) is 0 Å². The van der Waals surface area contributed by atoms with Gasteiger partial charge < -0.3 is 0 Å². The maximum Gasteiger partial charge on any atom is 0.137 e. The van der Waals surface area contributed by atoms with Crippen LogP contribution in [0.1, 0.15) is 91.5 Å². The van der Waals surface area contributed by atoms with Crippen LogP contribution in [0.25, 0.3) is 0 Å². The second kappa shape index (κ2) is 15.7. The fraction of sp³-hybridized carbons (Fsp3) is 0.483. The van der Waals surface area contributed by atoms with Gasteiger partial charge in [-0.05, 0) is 85.1 Å². The van der Waals surface area contributed by atoms with Crippen molar-refractivity contribution in [1.29, 1.82) is 0 Å². The van der Waals surface area contributed by atoms with Crippen molar-refractivity contribution in [3.8, 4) is 0 Å². The molecule has 0 aliphatic heterocycles. The molecule has 1 aromatic rings. The van der Waals surface area contributed by atoms with Crippen LogP contribution in [0.2, 0.25) is 0 Å². The Morgan fingerprint density at radius 3 is 1.53 bits per heavy atom. The summed E-state index contributed by atoms with van der Waals surface area (Å²) in [7, 11) is 0. The third kappa shape index (κ3) is 13.9. The van der Waals surface area contributed by atoms with Gasteiger partial charge in [-0.3, -0.25) is 4.79 Å². The summed E-state index contributed by atoms with van der Waals surface area (Å²) in [4.78, 5) is 12.1. The van der Waals surface area contributed by atoms with Gasteiger partial charge in [-0.15, -0.1) is 0 Å². The van der Waals surface area contributed by atoms with Gasteiger partial charge in [0.15, 0.2) is 0 Å². The smallest absolute Gasteiger partial charge is 0.137 e. The average molecular weight is 407 g/mol. The minimum atomic E-state index is 0.324. The maximum absolute atomic E-state index is 12.1. The lowest BCUT2D eigenvalue weighted by Gasteiger charge is -2.03. The van der Waals surface area contributed by atoms with Gasteiger partial charge in [-0.25, -0.2) is 0 Å². The Balaban J connectivity index is 2.21. The van der Waals surface area contributed by atoms with Crippen molar-refractivity contribution in [2.45, 2.75) is 92.4 Å². The van der Waals surface area contributed by atoms with Crippen molar-refractivity contribution in [3.63, 3.8) is 0 Å². The van der Waals surface area contributed by atoms with Gasteiger partial charge in [0.1, 0.15) is 5.78 Å². The number of carbonyl (C=O) groups excluding carboxylic acids is 1. The van der Waals surface area contributed by atoms with Crippen LogP contribution in [0.5, 0.6) is 0 Å². The zero-order chi connectivity index (χ0) is 22.2. The van der Waals surface area contributed by atoms with E-state index >= 15 is 0 Å². The molecule has 0 saturated carbocycles. The molecule has 0 N–H and O–H groups in total. The second-order valence-electron chi connectivity index (χ2n) is 8.79. The van der Waals surface area contributed by atoms with Crippen molar-refractivity contribution in [3.05, 3.63) is 82.5 Å². The van der Waals surface area contributed by atoms with Crippen molar-refractivity contribution >= 4 is 5.78 Å². The average Bonchev–Trinajstić information content (AvgIpc) is 2.68. The third-order valence-corrected chi connectivity index (χ3v) is 5.31. The molecule has 0 aliphatic carbocycles. The first-order valence-corrected chi connectivity index (χ1v) is 11.5. The van der Waals surface area contributed by atoms with Crippen LogP contribution < -0.4 is 0 Å². The van der Waals surface area contributed by atoms with E-state index in [2.05, 4.69) is 58.9 Å². The third-order valence-electron chi connectivity index (χ3n) is 5.31. The van der Waals surface area contributed by atoms with Crippen molar-refractivity contribution in [1.82, 2.24) is 0 Å². The van der Waals surface area contributed by atoms with Crippen LogP contribution in [0.15, 0.2) is 76.9 Å². The number of ketones is 1. The Hall–Kier alpha value is -2.15. The molecule has 0 fully saturated rings. The second-order valence-corrected chi connectivity index (χ2v) is 8.79. The Bertz CT molecular complexity index is 740. The summed E-state index contributed by atoms with van der Waals surface area (Å²) in [5, 5.41) is 0. The molecule has 0 amide bonds. The van der Waals surface area contributed by atoms with Gasteiger partial charge in [-0.1, -0.05) is 76.9 Å². The first-order chi connectivity index (χ1) is 14.4. The number of allylic oxidation sites excluding steroid dienone is 8. The van der Waals surface area contributed by atoms with Crippen LogP contribution >= 0.6 is 0 Å². The van der Waals surface area contributed by atoms with Crippen LogP contribution in [-0.2, 0) is 11.2 Å². The molecule has 0 aliphatic rings. The lowest BCUT2D eigenvalue weighted by atomic mass is 10.0. The highest BCUT2D eigenvalue weighted by molar-refractivity contribution is 5.80. The molecule has 1 heteroatoms. The molecule has 0 heterocycles. The molecule has 0 radical (unpaired) electrons. The molecular formula is C29H42O. The normalized spacial score (nSPS) is 12.8. The highest BCUT2D eigenvalue weighted by Crippen LogP contribution is 2.14. The van der Waals surface area contributed by atoms with Crippen molar-refractivity contribution in [2.75, 3.05) is 0 Å². The Labute approximate surface area is 185 Å². The fourth-order valence-electron chi connectivity index (χ4n) is 3.38. The summed E-state index contributed by atoms with van der Waals surface area (Å²) in [5.74, 6) is 0.324. The van der Waals surface area contributed by atoms with E-state index in [1.165, 1.54) is 28.7 Å². The molecule has 1 aromatic carbocycles. The standard InChI is InChI=1S/C29H42O/c1-24(2)13-9-14-25(3)15-10-16-26(4)17-11-18-27(5)19-12-22-29(30)23-28-20-7-6-8-21-28/h6-8,13,15,17,19-21H,9-12,14,16,18,22-23H2,1-5H3/b25-15+,26-17+,27-19+. The quantitative estimate of drug-likeness (QED) is 0.282. The minimum Gasteiger partial charge on any atom is -0.299 e.